The molecule has 25 heavy (non-hydrogen) atoms. The summed E-state index contributed by atoms with van der Waals surface area (Å²) in [5, 5.41) is 5.74. The van der Waals surface area contributed by atoms with Gasteiger partial charge in [-0.25, -0.2) is 0 Å². The molecule has 0 saturated heterocycles. The SMILES string of the molecule is C1=CC([P+](c2ccccc2)(c2ccccc2)c2ccccc2)=CCC1. The molecule has 0 unspecified atom stereocenters. The van der Waals surface area contributed by atoms with Crippen molar-refractivity contribution in [3.8, 4) is 0 Å². The van der Waals surface area contributed by atoms with E-state index in [0.717, 1.165) is 12.8 Å². The summed E-state index contributed by atoms with van der Waals surface area (Å²) < 4.78 is 0. The van der Waals surface area contributed by atoms with Gasteiger partial charge in [0.2, 0.25) is 0 Å². The first-order valence-electron chi connectivity index (χ1n) is 8.85. The molecule has 0 N–H and O–H groups in total. The van der Waals surface area contributed by atoms with Crippen LogP contribution in [0.1, 0.15) is 12.8 Å². The Morgan fingerprint density at radius 2 is 0.960 bits per heavy atom. The molecule has 4 rings (SSSR count). The average molecular weight is 341 g/mol. The Morgan fingerprint density at radius 1 is 0.520 bits per heavy atom. The summed E-state index contributed by atoms with van der Waals surface area (Å²) in [4.78, 5) is 0. The van der Waals surface area contributed by atoms with Crippen molar-refractivity contribution < 1.29 is 0 Å². The van der Waals surface area contributed by atoms with Crippen molar-refractivity contribution in [1.29, 1.82) is 0 Å². The van der Waals surface area contributed by atoms with Crippen molar-refractivity contribution in [3.05, 3.63) is 115 Å². The fourth-order valence-electron chi connectivity index (χ4n) is 3.70. The van der Waals surface area contributed by atoms with E-state index < -0.39 is 7.26 Å². The molecule has 0 spiro atoms. The molecular formula is C24H22P+. The summed E-state index contributed by atoms with van der Waals surface area (Å²) in [7, 11) is -1.85. The maximum atomic E-state index is 2.46. The quantitative estimate of drug-likeness (QED) is 0.571. The number of hydrogen-bond donors (Lipinski definition) is 0. The van der Waals surface area contributed by atoms with E-state index in [1.165, 1.54) is 21.2 Å². The van der Waals surface area contributed by atoms with E-state index in [4.69, 9.17) is 0 Å². The van der Waals surface area contributed by atoms with Crippen LogP contribution < -0.4 is 15.9 Å². The highest BCUT2D eigenvalue weighted by Crippen LogP contribution is 2.63. The Morgan fingerprint density at radius 3 is 1.32 bits per heavy atom. The Kier molecular flexibility index (Phi) is 4.63. The number of allylic oxidation sites excluding steroid dienone is 4. The van der Waals surface area contributed by atoms with Gasteiger partial charge in [0.1, 0.15) is 28.5 Å². The van der Waals surface area contributed by atoms with Gasteiger partial charge in [0.15, 0.2) is 0 Å². The van der Waals surface area contributed by atoms with Crippen LogP contribution >= 0.6 is 7.26 Å². The van der Waals surface area contributed by atoms with Crippen LogP contribution in [-0.4, -0.2) is 0 Å². The summed E-state index contributed by atoms with van der Waals surface area (Å²) >= 11 is 0. The summed E-state index contributed by atoms with van der Waals surface area (Å²) in [5.41, 5.74) is 0. The van der Waals surface area contributed by atoms with Gasteiger partial charge in [0.05, 0.1) is 0 Å². The van der Waals surface area contributed by atoms with Crippen LogP contribution in [0.5, 0.6) is 0 Å². The van der Waals surface area contributed by atoms with E-state index >= 15 is 0 Å². The fraction of sp³-hybridized carbons (Fsp3) is 0.0833. The maximum Gasteiger partial charge on any atom is 0.143 e. The first-order chi connectivity index (χ1) is 12.4. The fourth-order valence-corrected chi connectivity index (χ4v) is 8.08. The van der Waals surface area contributed by atoms with E-state index in [1.807, 2.05) is 0 Å². The molecule has 0 bridgehead atoms. The van der Waals surface area contributed by atoms with Crippen molar-refractivity contribution in [1.82, 2.24) is 0 Å². The second kappa shape index (κ2) is 7.21. The smallest absolute Gasteiger partial charge is 0.0803 e. The van der Waals surface area contributed by atoms with Crippen LogP contribution in [0.3, 0.4) is 0 Å². The summed E-state index contributed by atoms with van der Waals surface area (Å²) in [6.07, 6.45) is 9.42. The summed E-state index contributed by atoms with van der Waals surface area (Å²) in [6.45, 7) is 0. The molecular weight excluding hydrogens is 319 g/mol. The highest BCUT2D eigenvalue weighted by molar-refractivity contribution is 7.99. The van der Waals surface area contributed by atoms with Gasteiger partial charge >= 0.3 is 0 Å². The lowest BCUT2D eigenvalue weighted by atomic mass is 10.2. The van der Waals surface area contributed by atoms with Gasteiger partial charge in [0.25, 0.3) is 0 Å². The Bertz CT molecular complexity index is 780. The Hall–Kier alpha value is -2.43. The van der Waals surface area contributed by atoms with Crippen LogP contribution in [0.25, 0.3) is 0 Å². The Labute approximate surface area is 150 Å². The minimum Gasteiger partial charge on any atom is -0.0803 e. The van der Waals surface area contributed by atoms with Gasteiger partial charge in [-0.3, -0.25) is 0 Å². The van der Waals surface area contributed by atoms with Crippen molar-refractivity contribution in [2.45, 2.75) is 12.8 Å². The van der Waals surface area contributed by atoms with E-state index in [0.29, 0.717) is 0 Å². The molecule has 0 radical (unpaired) electrons. The Balaban J connectivity index is 2.09. The molecule has 0 aromatic heterocycles. The molecule has 122 valence electrons. The summed E-state index contributed by atoms with van der Waals surface area (Å²) in [5.74, 6) is 0. The zero-order chi connectivity index (χ0) is 17.0. The maximum absolute atomic E-state index is 2.46. The molecule has 0 atom stereocenters. The monoisotopic (exact) mass is 341 g/mol. The van der Waals surface area contributed by atoms with Crippen LogP contribution in [-0.2, 0) is 0 Å². The lowest BCUT2D eigenvalue weighted by molar-refractivity contribution is 1.03. The number of benzene rings is 3. The lowest BCUT2D eigenvalue weighted by Gasteiger charge is -2.29. The molecule has 3 aromatic rings. The molecule has 0 fully saturated rings. The number of hydrogen-bond acceptors (Lipinski definition) is 0. The molecule has 0 amide bonds. The molecule has 3 aromatic carbocycles. The van der Waals surface area contributed by atoms with Crippen LogP contribution in [0.2, 0.25) is 0 Å². The second-order valence-electron chi connectivity index (χ2n) is 6.29. The first kappa shape index (κ1) is 16.1. The van der Waals surface area contributed by atoms with Crippen LogP contribution in [0, 0.1) is 0 Å². The third-order valence-corrected chi connectivity index (χ3v) is 9.12. The molecule has 1 heteroatoms. The van der Waals surface area contributed by atoms with Gasteiger partial charge in [-0.1, -0.05) is 60.7 Å². The third kappa shape index (κ3) is 2.88. The van der Waals surface area contributed by atoms with Gasteiger partial charge in [-0.15, -0.1) is 0 Å². The zero-order valence-corrected chi connectivity index (χ0v) is 15.1. The lowest BCUT2D eigenvalue weighted by Crippen LogP contribution is -2.32. The third-order valence-electron chi connectivity index (χ3n) is 4.79. The second-order valence-corrected chi connectivity index (χ2v) is 9.69. The molecule has 0 nitrogen and oxygen atoms in total. The van der Waals surface area contributed by atoms with Crippen molar-refractivity contribution in [2.75, 3.05) is 0 Å². The predicted molar refractivity (Wildman–Crippen MR) is 112 cm³/mol. The van der Waals surface area contributed by atoms with E-state index in [1.54, 1.807) is 0 Å². The highest BCUT2D eigenvalue weighted by Gasteiger charge is 2.48. The molecule has 0 heterocycles. The normalized spacial score (nSPS) is 14.2. The minimum absolute atomic E-state index is 1.13. The van der Waals surface area contributed by atoms with Gasteiger partial charge in [-0.05, 0) is 61.4 Å². The molecule has 1 aliphatic carbocycles. The molecule has 1 aliphatic rings. The van der Waals surface area contributed by atoms with Crippen molar-refractivity contribution >= 4 is 23.2 Å². The number of rotatable bonds is 4. The minimum atomic E-state index is -1.85. The van der Waals surface area contributed by atoms with Crippen molar-refractivity contribution in [3.63, 3.8) is 0 Å². The van der Waals surface area contributed by atoms with Crippen molar-refractivity contribution in [2.24, 2.45) is 0 Å². The van der Waals surface area contributed by atoms with Gasteiger partial charge < -0.3 is 0 Å². The molecule has 0 saturated carbocycles. The zero-order valence-electron chi connectivity index (χ0n) is 14.3. The first-order valence-corrected chi connectivity index (χ1v) is 10.6. The largest absolute Gasteiger partial charge is 0.143 e. The standard InChI is InChI=1S/C24H22P/c1-5-13-21(14-6-1)25(22-15-7-2-8-16-22,23-17-9-3-10-18-23)24-19-11-4-12-20-24/h1-3,5-11,13-20H,4,12H2/q+1. The van der Waals surface area contributed by atoms with Crippen LogP contribution in [0.4, 0.5) is 0 Å². The van der Waals surface area contributed by atoms with E-state index in [9.17, 15) is 0 Å². The van der Waals surface area contributed by atoms with Crippen LogP contribution in [0.15, 0.2) is 115 Å². The average Bonchev–Trinajstić information content (AvgIpc) is 2.72. The predicted octanol–water partition coefficient (Wildman–Crippen LogP) is 5.21. The van der Waals surface area contributed by atoms with Gasteiger partial charge in [0, 0.05) is 0 Å². The van der Waals surface area contributed by atoms with E-state index in [2.05, 4.69) is 109 Å². The summed E-state index contributed by atoms with van der Waals surface area (Å²) in [6, 6.07) is 33.2. The molecule has 0 aliphatic heterocycles. The highest BCUT2D eigenvalue weighted by atomic mass is 31.2. The topological polar surface area (TPSA) is 0 Å². The van der Waals surface area contributed by atoms with E-state index in [-0.39, 0.29) is 0 Å². The van der Waals surface area contributed by atoms with Gasteiger partial charge in [-0.2, -0.15) is 0 Å².